The van der Waals surface area contributed by atoms with Gasteiger partial charge in [-0.25, -0.2) is 0 Å². The molecular weight excluding hydrogens is 312 g/mol. The number of anilines is 2. The van der Waals surface area contributed by atoms with Crippen LogP contribution in [-0.4, -0.2) is 32.7 Å². The summed E-state index contributed by atoms with van der Waals surface area (Å²) < 4.78 is 5.21. The Morgan fingerprint density at radius 3 is 2.60 bits per heavy atom. The van der Waals surface area contributed by atoms with Crippen molar-refractivity contribution in [2.75, 3.05) is 37.0 Å². The van der Waals surface area contributed by atoms with Gasteiger partial charge in [-0.1, -0.05) is 36.4 Å². The Hall–Kier alpha value is -2.53. The van der Waals surface area contributed by atoms with E-state index >= 15 is 0 Å². The largest absolute Gasteiger partial charge is 0.380 e. The number of methoxy groups -OCH3 is 1. The van der Waals surface area contributed by atoms with Gasteiger partial charge in [0.05, 0.1) is 13.2 Å². The fourth-order valence-corrected chi connectivity index (χ4v) is 2.76. The molecule has 0 amide bonds. The van der Waals surface area contributed by atoms with Crippen molar-refractivity contribution in [2.45, 2.75) is 20.5 Å². The van der Waals surface area contributed by atoms with Crippen LogP contribution in [0.1, 0.15) is 18.1 Å². The molecule has 0 atom stereocenters. The SMILES string of the molecule is CCN(CCN=C(N)Nc1ccccc1COC)c1ccccc1C. The Kier molecular flexibility index (Phi) is 7.29. The van der Waals surface area contributed by atoms with E-state index in [-0.39, 0.29) is 0 Å². The summed E-state index contributed by atoms with van der Waals surface area (Å²) in [6.07, 6.45) is 0. The van der Waals surface area contributed by atoms with Gasteiger partial charge in [0, 0.05) is 37.1 Å². The number of benzene rings is 2. The van der Waals surface area contributed by atoms with Crippen LogP contribution in [-0.2, 0) is 11.3 Å². The van der Waals surface area contributed by atoms with Crippen molar-refractivity contribution in [2.24, 2.45) is 10.7 Å². The van der Waals surface area contributed by atoms with Crippen molar-refractivity contribution in [3.8, 4) is 0 Å². The fourth-order valence-electron chi connectivity index (χ4n) is 2.76. The maximum atomic E-state index is 6.05. The van der Waals surface area contributed by atoms with Crippen molar-refractivity contribution in [1.82, 2.24) is 0 Å². The van der Waals surface area contributed by atoms with Crippen LogP contribution in [0.3, 0.4) is 0 Å². The maximum absolute atomic E-state index is 6.05. The number of likely N-dealkylation sites (N-methyl/N-ethyl adjacent to an activating group) is 1. The third kappa shape index (κ3) is 5.50. The van der Waals surface area contributed by atoms with E-state index in [4.69, 9.17) is 10.5 Å². The lowest BCUT2D eigenvalue weighted by atomic mass is 10.2. The molecule has 0 spiro atoms. The molecule has 0 heterocycles. The molecular formula is C20H28N4O. The van der Waals surface area contributed by atoms with Gasteiger partial charge in [-0.3, -0.25) is 4.99 Å². The Balaban J connectivity index is 1.96. The molecule has 0 aliphatic heterocycles. The minimum Gasteiger partial charge on any atom is -0.380 e. The van der Waals surface area contributed by atoms with E-state index in [2.05, 4.69) is 53.3 Å². The second-order valence-corrected chi connectivity index (χ2v) is 5.85. The van der Waals surface area contributed by atoms with Gasteiger partial charge in [-0.05, 0) is 31.5 Å². The predicted molar refractivity (Wildman–Crippen MR) is 106 cm³/mol. The van der Waals surface area contributed by atoms with E-state index in [0.717, 1.165) is 24.3 Å². The van der Waals surface area contributed by atoms with E-state index in [1.54, 1.807) is 7.11 Å². The second-order valence-electron chi connectivity index (χ2n) is 5.85. The summed E-state index contributed by atoms with van der Waals surface area (Å²) in [5.41, 5.74) is 10.5. The average molecular weight is 340 g/mol. The van der Waals surface area contributed by atoms with Gasteiger partial charge < -0.3 is 20.7 Å². The van der Waals surface area contributed by atoms with Crippen molar-refractivity contribution in [1.29, 1.82) is 0 Å². The molecule has 2 aromatic rings. The number of rotatable bonds is 8. The number of hydrogen-bond donors (Lipinski definition) is 2. The smallest absolute Gasteiger partial charge is 0.193 e. The molecule has 0 unspecified atom stereocenters. The highest BCUT2D eigenvalue weighted by molar-refractivity contribution is 5.93. The molecule has 0 radical (unpaired) electrons. The standard InChI is InChI=1S/C20H28N4O/c1-4-24(19-12-8-5-9-16(19)2)14-13-22-20(21)23-18-11-7-6-10-17(18)15-25-3/h5-12H,4,13-15H2,1-3H3,(H3,21,22,23). The number of hydrogen-bond acceptors (Lipinski definition) is 3. The molecule has 5 heteroatoms. The molecule has 3 N–H and O–H groups in total. The van der Waals surface area contributed by atoms with Crippen LogP contribution in [0, 0.1) is 6.92 Å². The molecule has 5 nitrogen and oxygen atoms in total. The van der Waals surface area contributed by atoms with E-state index in [1.807, 2.05) is 24.3 Å². The number of aryl methyl sites for hydroxylation is 1. The average Bonchev–Trinajstić information content (AvgIpc) is 2.61. The number of aliphatic imine (C=N–C) groups is 1. The Morgan fingerprint density at radius 1 is 1.16 bits per heavy atom. The molecule has 2 rings (SSSR count). The molecule has 0 aromatic heterocycles. The highest BCUT2D eigenvalue weighted by atomic mass is 16.5. The van der Waals surface area contributed by atoms with Gasteiger partial charge in [0.2, 0.25) is 0 Å². The van der Waals surface area contributed by atoms with Gasteiger partial charge in [-0.2, -0.15) is 0 Å². The van der Waals surface area contributed by atoms with Crippen molar-refractivity contribution in [3.63, 3.8) is 0 Å². The zero-order valence-electron chi connectivity index (χ0n) is 15.3. The molecule has 0 aliphatic rings. The number of guanidine groups is 1. The summed E-state index contributed by atoms with van der Waals surface area (Å²) >= 11 is 0. The number of nitrogens with one attached hydrogen (secondary N) is 1. The zero-order chi connectivity index (χ0) is 18.1. The summed E-state index contributed by atoms with van der Waals surface area (Å²) in [5.74, 6) is 0.421. The van der Waals surface area contributed by atoms with Gasteiger partial charge in [-0.15, -0.1) is 0 Å². The predicted octanol–water partition coefficient (Wildman–Crippen LogP) is 3.39. The first kappa shape index (κ1) is 18.8. The lowest BCUT2D eigenvalue weighted by molar-refractivity contribution is 0.185. The van der Waals surface area contributed by atoms with Crippen molar-refractivity contribution in [3.05, 3.63) is 59.7 Å². The minimum absolute atomic E-state index is 0.421. The van der Waals surface area contributed by atoms with E-state index in [1.165, 1.54) is 11.3 Å². The van der Waals surface area contributed by atoms with Crippen LogP contribution < -0.4 is 16.0 Å². The van der Waals surface area contributed by atoms with Crippen LogP contribution >= 0.6 is 0 Å². The molecule has 25 heavy (non-hydrogen) atoms. The monoisotopic (exact) mass is 340 g/mol. The number of nitrogens with zero attached hydrogens (tertiary/aromatic N) is 2. The lowest BCUT2D eigenvalue weighted by Crippen LogP contribution is -2.29. The molecule has 0 saturated heterocycles. The van der Waals surface area contributed by atoms with Gasteiger partial charge >= 0.3 is 0 Å². The Bertz CT molecular complexity index is 700. The van der Waals surface area contributed by atoms with E-state index < -0.39 is 0 Å². The second kappa shape index (κ2) is 9.69. The normalized spacial score (nSPS) is 11.4. The molecule has 0 fully saturated rings. The molecule has 0 aliphatic carbocycles. The summed E-state index contributed by atoms with van der Waals surface area (Å²) in [7, 11) is 1.68. The summed E-state index contributed by atoms with van der Waals surface area (Å²) in [4.78, 5) is 6.77. The third-order valence-corrected chi connectivity index (χ3v) is 4.07. The van der Waals surface area contributed by atoms with Crippen LogP contribution in [0.15, 0.2) is 53.5 Å². The molecule has 0 bridgehead atoms. The maximum Gasteiger partial charge on any atom is 0.193 e. The van der Waals surface area contributed by atoms with Gasteiger partial charge in [0.25, 0.3) is 0 Å². The molecule has 134 valence electrons. The van der Waals surface area contributed by atoms with Gasteiger partial charge in [0.1, 0.15) is 0 Å². The molecule has 0 saturated carbocycles. The highest BCUT2D eigenvalue weighted by Gasteiger charge is 2.06. The highest BCUT2D eigenvalue weighted by Crippen LogP contribution is 2.19. The lowest BCUT2D eigenvalue weighted by Gasteiger charge is -2.24. The first-order valence-corrected chi connectivity index (χ1v) is 8.60. The van der Waals surface area contributed by atoms with Gasteiger partial charge in [0.15, 0.2) is 5.96 Å². The third-order valence-electron chi connectivity index (χ3n) is 4.07. The first-order valence-electron chi connectivity index (χ1n) is 8.60. The van der Waals surface area contributed by atoms with Crippen molar-refractivity contribution < 1.29 is 4.74 Å². The topological polar surface area (TPSA) is 62.9 Å². The van der Waals surface area contributed by atoms with Crippen LogP contribution in [0.25, 0.3) is 0 Å². The number of para-hydroxylation sites is 2. The number of nitrogens with two attached hydrogens (primary N) is 1. The number of ether oxygens (including phenoxy) is 1. The van der Waals surface area contributed by atoms with Crippen LogP contribution in [0.4, 0.5) is 11.4 Å². The fraction of sp³-hybridized carbons (Fsp3) is 0.350. The quantitative estimate of drug-likeness (QED) is 0.571. The Labute approximate surface area is 150 Å². The van der Waals surface area contributed by atoms with Crippen LogP contribution in [0.2, 0.25) is 0 Å². The Morgan fingerprint density at radius 2 is 1.88 bits per heavy atom. The van der Waals surface area contributed by atoms with Crippen molar-refractivity contribution >= 4 is 17.3 Å². The summed E-state index contributed by atoms with van der Waals surface area (Å²) in [5, 5.41) is 3.17. The van der Waals surface area contributed by atoms with E-state index in [9.17, 15) is 0 Å². The van der Waals surface area contributed by atoms with Crippen LogP contribution in [0.5, 0.6) is 0 Å². The van der Waals surface area contributed by atoms with E-state index in [0.29, 0.717) is 19.1 Å². The summed E-state index contributed by atoms with van der Waals surface area (Å²) in [6.45, 7) is 7.21. The minimum atomic E-state index is 0.421. The summed E-state index contributed by atoms with van der Waals surface area (Å²) in [6, 6.07) is 16.3. The molecule has 2 aromatic carbocycles. The zero-order valence-corrected chi connectivity index (χ0v) is 15.3. The first-order chi connectivity index (χ1) is 12.2.